The summed E-state index contributed by atoms with van der Waals surface area (Å²) in [7, 11) is 0. The van der Waals surface area contributed by atoms with Crippen molar-refractivity contribution < 1.29 is 9.15 Å². The number of anilines is 1. The van der Waals surface area contributed by atoms with Crippen LogP contribution >= 0.6 is 0 Å². The van der Waals surface area contributed by atoms with E-state index in [0.717, 1.165) is 23.6 Å². The third-order valence-electron chi connectivity index (χ3n) is 8.96. The first-order valence-electron chi connectivity index (χ1n) is 14.4. The first kappa shape index (κ1) is 25.6. The van der Waals surface area contributed by atoms with Crippen LogP contribution in [0.3, 0.4) is 0 Å². The fourth-order valence-corrected chi connectivity index (χ4v) is 6.82. The standard InChI is InChI=1S/C36H39NO2/c1-26-21-22-30(36(2,3)28-16-9-5-10-17-28)33(24-26)39-34-25-31(32-20-13-23-38-32)37(29-18-11-6-12-19-29)35(34)27-14-7-4-8-15-27/h4-20,23,25-26,30-31,33,35H,21-22,24H2,1-3H3/t26-,30-,31-,33-,35-/m1/s1. The summed E-state index contributed by atoms with van der Waals surface area (Å²) in [6.07, 6.45) is 7.68. The van der Waals surface area contributed by atoms with E-state index < -0.39 is 0 Å². The molecule has 1 aliphatic heterocycles. The molecular formula is C36H39NO2. The monoisotopic (exact) mass is 517 g/mol. The van der Waals surface area contributed by atoms with Gasteiger partial charge in [0.05, 0.1) is 6.26 Å². The van der Waals surface area contributed by atoms with Crippen LogP contribution in [0.2, 0.25) is 0 Å². The molecule has 39 heavy (non-hydrogen) atoms. The molecule has 0 spiro atoms. The van der Waals surface area contributed by atoms with Gasteiger partial charge in [0.15, 0.2) is 0 Å². The third-order valence-corrected chi connectivity index (χ3v) is 8.96. The van der Waals surface area contributed by atoms with Gasteiger partial charge in [0.2, 0.25) is 0 Å². The lowest BCUT2D eigenvalue weighted by Crippen LogP contribution is -2.43. The van der Waals surface area contributed by atoms with Crippen LogP contribution in [0.25, 0.3) is 0 Å². The van der Waals surface area contributed by atoms with Crippen molar-refractivity contribution in [1.29, 1.82) is 0 Å². The van der Waals surface area contributed by atoms with Gasteiger partial charge in [-0.15, -0.1) is 0 Å². The van der Waals surface area contributed by atoms with Gasteiger partial charge >= 0.3 is 0 Å². The largest absolute Gasteiger partial charge is 0.492 e. The van der Waals surface area contributed by atoms with E-state index in [1.807, 2.05) is 6.07 Å². The highest BCUT2D eigenvalue weighted by atomic mass is 16.5. The molecule has 1 aromatic heterocycles. The predicted octanol–water partition coefficient (Wildman–Crippen LogP) is 9.27. The lowest BCUT2D eigenvalue weighted by Gasteiger charge is -2.45. The average Bonchev–Trinajstić information content (AvgIpc) is 3.63. The Morgan fingerprint density at radius 1 is 0.795 bits per heavy atom. The molecule has 6 rings (SSSR count). The van der Waals surface area contributed by atoms with Gasteiger partial charge in [0.25, 0.3) is 0 Å². The topological polar surface area (TPSA) is 25.6 Å². The van der Waals surface area contributed by atoms with Crippen molar-refractivity contribution in [1.82, 2.24) is 0 Å². The van der Waals surface area contributed by atoms with E-state index in [-0.39, 0.29) is 23.6 Å². The van der Waals surface area contributed by atoms with Gasteiger partial charge < -0.3 is 14.1 Å². The fraction of sp³-hybridized carbons (Fsp3) is 0.333. The Hall–Kier alpha value is -3.72. The van der Waals surface area contributed by atoms with Crippen molar-refractivity contribution in [3.8, 4) is 0 Å². The van der Waals surface area contributed by atoms with Crippen LogP contribution in [0.4, 0.5) is 5.69 Å². The number of furan rings is 1. The van der Waals surface area contributed by atoms with Crippen molar-refractivity contribution in [2.45, 2.75) is 63.6 Å². The van der Waals surface area contributed by atoms with E-state index in [9.17, 15) is 0 Å². The Morgan fingerprint density at radius 2 is 1.46 bits per heavy atom. The van der Waals surface area contributed by atoms with Crippen LogP contribution in [-0.4, -0.2) is 6.10 Å². The number of nitrogens with zero attached hydrogens (tertiary/aromatic N) is 1. The van der Waals surface area contributed by atoms with Crippen LogP contribution in [0.1, 0.15) is 69.0 Å². The fourth-order valence-electron chi connectivity index (χ4n) is 6.82. The Bertz CT molecular complexity index is 1360. The molecule has 3 aromatic carbocycles. The van der Waals surface area contributed by atoms with Gasteiger partial charge in [-0.3, -0.25) is 0 Å². The van der Waals surface area contributed by atoms with Crippen LogP contribution in [0.15, 0.2) is 126 Å². The smallest absolute Gasteiger partial charge is 0.130 e. The maximum atomic E-state index is 7.27. The lowest BCUT2D eigenvalue weighted by atomic mass is 9.64. The molecule has 3 nitrogen and oxygen atoms in total. The molecule has 3 heteroatoms. The number of hydrogen-bond donors (Lipinski definition) is 0. The molecule has 0 radical (unpaired) electrons. The average molecular weight is 518 g/mol. The van der Waals surface area contributed by atoms with Crippen molar-refractivity contribution in [3.05, 3.63) is 138 Å². The van der Waals surface area contributed by atoms with Gasteiger partial charge in [-0.2, -0.15) is 0 Å². The van der Waals surface area contributed by atoms with Crippen LogP contribution < -0.4 is 4.90 Å². The zero-order valence-electron chi connectivity index (χ0n) is 23.2. The number of hydrogen-bond acceptors (Lipinski definition) is 3. The van der Waals surface area contributed by atoms with E-state index in [4.69, 9.17) is 9.15 Å². The van der Waals surface area contributed by atoms with Crippen molar-refractivity contribution in [2.24, 2.45) is 11.8 Å². The maximum Gasteiger partial charge on any atom is 0.130 e. The van der Waals surface area contributed by atoms with Crippen LogP contribution in [0.5, 0.6) is 0 Å². The minimum atomic E-state index is -0.0517. The molecule has 2 aliphatic rings. The zero-order chi connectivity index (χ0) is 26.8. The highest BCUT2D eigenvalue weighted by Crippen LogP contribution is 2.50. The second kappa shape index (κ2) is 10.8. The molecule has 0 unspecified atom stereocenters. The summed E-state index contributed by atoms with van der Waals surface area (Å²) < 4.78 is 13.3. The second-order valence-electron chi connectivity index (χ2n) is 11.9. The lowest BCUT2D eigenvalue weighted by molar-refractivity contribution is -0.0154. The summed E-state index contributed by atoms with van der Waals surface area (Å²) in [5, 5.41) is 0. The molecule has 1 fully saturated rings. The summed E-state index contributed by atoms with van der Waals surface area (Å²) in [5.74, 6) is 3.01. The van der Waals surface area contributed by atoms with Crippen LogP contribution in [-0.2, 0) is 10.2 Å². The zero-order valence-corrected chi connectivity index (χ0v) is 23.2. The Morgan fingerprint density at radius 3 is 2.13 bits per heavy atom. The highest BCUT2D eigenvalue weighted by Gasteiger charge is 2.45. The summed E-state index contributed by atoms with van der Waals surface area (Å²) >= 11 is 0. The van der Waals surface area contributed by atoms with E-state index in [0.29, 0.717) is 11.8 Å². The normalized spacial score (nSPS) is 25.4. The van der Waals surface area contributed by atoms with Crippen molar-refractivity contribution in [3.63, 3.8) is 0 Å². The summed E-state index contributed by atoms with van der Waals surface area (Å²) in [6, 6.07) is 36.4. The van der Waals surface area contributed by atoms with Gasteiger partial charge in [-0.1, -0.05) is 106 Å². The third kappa shape index (κ3) is 5.03. The van der Waals surface area contributed by atoms with E-state index in [2.05, 4.69) is 129 Å². The minimum absolute atomic E-state index is 0.00695. The molecule has 4 aromatic rings. The van der Waals surface area contributed by atoms with Crippen LogP contribution in [0, 0.1) is 11.8 Å². The van der Waals surface area contributed by atoms with Gasteiger partial charge in [-0.05, 0) is 65.6 Å². The second-order valence-corrected chi connectivity index (χ2v) is 11.9. The predicted molar refractivity (Wildman–Crippen MR) is 158 cm³/mol. The molecule has 0 bridgehead atoms. The molecule has 1 saturated carbocycles. The van der Waals surface area contributed by atoms with E-state index in [1.165, 1.54) is 24.0 Å². The summed E-state index contributed by atoms with van der Waals surface area (Å²) in [4.78, 5) is 2.45. The molecule has 5 atom stereocenters. The van der Waals surface area contributed by atoms with Gasteiger partial charge in [-0.25, -0.2) is 0 Å². The number of ether oxygens (including phenoxy) is 1. The molecule has 2 heterocycles. The number of para-hydroxylation sites is 1. The molecule has 0 saturated heterocycles. The van der Waals surface area contributed by atoms with Gasteiger partial charge in [0, 0.05) is 11.6 Å². The number of benzene rings is 3. The molecule has 1 aliphatic carbocycles. The highest BCUT2D eigenvalue weighted by molar-refractivity contribution is 5.57. The minimum Gasteiger partial charge on any atom is -0.492 e. The van der Waals surface area contributed by atoms with E-state index in [1.54, 1.807) is 6.26 Å². The first-order valence-corrected chi connectivity index (χ1v) is 14.4. The number of rotatable bonds is 7. The molecule has 200 valence electrons. The summed E-state index contributed by atoms with van der Waals surface area (Å²) in [5.41, 5.74) is 3.77. The molecule has 0 N–H and O–H groups in total. The van der Waals surface area contributed by atoms with Crippen molar-refractivity contribution >= 4 is 5.69 Å². The van der Waals surface area contributed by atoms with E-state index >= 15 is 0 Å². The SMILES string of the molecule is C[C@@H]1CC[C@@H](C(C)(C)c2ccccc2)[C@H](OC2=C[C@H](c3ccco3)N(c3ccccc3)[C@@H]2c2ccccc2)C1. The molecule has 0 amide bonds. The Kier molecular flexibility index (Phi) is 7.08. The quantitative estimate of drug-likeness (QED) is 0.244. The maximum absolute atomic E-state index is 7.27. The Labute approximate surface area is 233 Å². The molecular weight excluding hydrogens is 478 g/mol. The Balaban J connectivity index is 1.41. The van der Waals surface area contributed by atoms with Crippen molar-refractivity contribution in [2.75, 3.05) is 4.90 Å². The summed E-state index contributed by atoms with van der Waals surface area (Å²) in [6.45, 7) is 7.18. The first-order chi connectivity index (χ1) is 19.0. The van der Waals surface area contributed by atoms with Gasteiger partial charge in [0.1, 0.15) is 29.7 Å².